The molecule has 0 saturated heterocycles. The molecule has 0 aliphatic heterocycles. The summed E-state index contributed by atoms with van der Waals surface area (Å²) in [4.78, 5) is 0. The number of benzene rings is 1. The zero-order chi connectivity index (χ0) is 11.7. The van der Waals surface area contributed by atoms with Crippen LogP contribution in [-0.4, -0.2) is 9.78 Å². The Morgan fingerprint density at radius 1 is 1.50 bits per heavy atom. The second-order valence-corrected chi connectivity index (χ2v) is 4.93. The molecule has 0 amide bonds. The number of halogens is 2. The predicted molar refractivity (Wildman–Crippen MR) is 69.6 cm³/mol. The van der Waals surface area contributed by atoms with Crippen molar-refractivity contribution >= 4 is 33.2 Å². The first-order valence-electron chi connectivity index (χ1n) is 4.79. The third-order valence-electron chi connectivity index (χ3n) is 2.33. The molecule has 3 nitrogen and oxygen atoms in total. The molecule has 1 heterocycles. The Morgan fingerprint density at radius 2 is 2.25 bits per heavy atom. The second-order valence-electron chi connectivity index (χ2n) is 3.60. The van der Waals surface area contributed by atoms with Crippen LogP contribution in [0.15, 0.2) is 28.9 Å². The molecule has 1 aromatic heterocycles. The molecule has 0 bridgehead atoms. The van der Waals surface area contributed by atoms with Gasteiger partial charge in [0.05, 0.1) is 17.3 Å². The minimum atomic E-state index is 0.632. The lowest BCUT2D eigenvalue weighted by Gasteiger charge is -2.06. The summed E-state index contributed by atoms with van der Waals surface area (Å²) in [6.45, 7) is 2.51. The average Bonchev–Trinajstić information content (AvgIpc) is 2.51. The summed E-state index contributed by atoms with van der Waals surface area (Å²) in [5.74, 6) is 0. The molecule has 0 radical (unpaired) electrons. The Bertz CT molecular complexity index is 502. The molecule has 2 rings (SSSR count). The van der Waals surface area contributed by atoms with Gasteiger partial charge in [0, 0.05) is 16.4 Å². The molecular weight excluding hydrogens is 289 g/mol. The number of aromatic nitrogens is 2. The van der Waals surface area contributed by atoms with Crippen molar-refractivity contribution in [3.05, 3.63) is 45.1 Å². The molecule has 0 aliphatic rings. The lowest BCUT2D eigenvalue weighted by molar-refractivity contribution is 0.680. The van der Waals surface area contributed by atoms with Gasteiger partial charge in [0.1, 0.15) is 0 Å². The van der Waals surface area contributed by atoms with E-state index in [9.17, 15) is 0 Å². The Balaban J connectivity index is 2.27. The van der Waals surface area contributed by atoms with Crippen molar-refractivity contribution in [3.63, 3.8) is 0 Å². The van der Waals surface area contributed by atoms with E-state index in [-0.39, 0.29) is 0 Å². The van der Waals surface area contributed by atoms with Crippen LogP contribution in [0.5, 0.6) is 0 Å². The Morgan fingerprint density at radius 3 is 2.81 bits per heavy atom. The van der Waals surface area contributed by atoms with E-state index in [2.05, 4.69) is 21.0 Å². The first-order chi connectivity index (χ1) is 7.56. The summed E-state index contributed by atoms with van der Waals surface area (Å²) in [5, 5.41) is 4.96. The number of nitrogens with zero attached hydrogens (tertiary/aromatic N) is 2. The lowest BCUT2D eigenvalue weighted by Crippen LogP contribution is -2.03. The second kappa shape index (κ2) is 4.47. The molecule has 0 aliphatic carbocycles. The zero-order valence-electron chi connectivity index (χ0n) is 8.74. The van der Waals surface area contributed by atoms with Crippen molar-refractivity contribution in [1.29, 1.82) is 0 Å². The van der Waals surface area contributed by atoms with Gasteiger partial charge >= 0.3 is 0 Å². The topological polar surface area (TPSA) is 43.8 Å². The fourth-order valence-corrected chi connectivity index (χ4v) is 1.99. The summed E-state index contributed by atoms with van der Waals surface area (Å²) in [7, 11) is 0. The van der Waals surface area contributed by atoms with Crippen LogP contribution in [0.25, 0.3) is 0 Å². The highest BCUT2D eigenvalue weighted by molar-refractivity contribution is 9.10. The van der Waals surface area contributed by atoms with E-state index < -0.39 is 0 Å². The highest BCUT2D eigenvalue weighted by Gasteiger charge is 2.05. The molecule has 2 aromatic rings. The Labute approximate surface area is 107 Å². The molecular formula is C11H11BrClN3. The number of anilines is 1. The van der Waals surface area contributed by atoms with Crippen molar-refractivity contribution in [2.75, 3.05) is 5.73 Å². The number of nitrogens with two attached hydrogens (primary N) is 1. The molecule has 0 spiro atoms. The quantitative estimate of drug-likeness (QED) is 0.865. The smallest absolute Gasteiger partial charge is 0.0815 e. The fraction of sp³-hybridized carbons (Fsp3) is 0.182. The van der Waals surface area contributed by atoms with E-state index in [4.69, 9.17) is 17.3 Å². The van der Waals surface area contributed by atoms with E-state index in [1.807, 2.05) is 25.1 Å². The van der Waals surface area contributed by atoms with Gasteiger partial charge in [0.25, 0.3) is 0 Å². The van der Waals surface area contributed by atoms with Gasteiger partial charge in [0.15, 0.2) is 0 Å². The van der Waals surface area contributed by atoms with Crippen molar-refractivity contribution in [2.24, 2.45) is 0 Å². The number of rotatable bonds is 2. The largest absolute Gasteiger partial charge is 0.398 e. The molecule has 0 saturated carbocycles. The van der Waals surface area contributed by atoms with Gasteiger partial charge in [-0.15, -0.1) is 0 Å². The molecule has 16 heavy (non-hydrogen) atoms. The molecule has 2 N–H and O–H groups in total. The summed E-state index contributed by atoms with van der Waals surface area (Å²) >= 11 is 9.31. The van der Waals surface area contributed by atoms with Crippen LogP contribution in [0.1, 0.15) is 11.3 Å². The normalized spacial score (nSPS) is 10.7. The number of hydrogen-bond donors (Lipinski definition) is 1. The van der Waals surface area contributed by atoms with Gasteiger partial charge < -0.3 is 5.73 Å². The van der Waals surface area contributed by atoms with Crippen LogP contribution in [-0.2, 0) is 6.54 Å². The first-order valence-corrected chi connectivity index (χ1v) is 5.97. The maximum atomic E-state index is 5.94. The fourth-order valence-electron chi connectivity index (χ4n) is 1.46. The monoisotopic (exact) mass is 299 g/mol. The van der Waals surface area contributed by atoms with Crippen LogP contribution in [0.4, 0.5) is 5.69 Å². The summed E-state index contributed by atoms with van der Waals surface area (Å²) < 4.78 is 2.76. The number of nitrogen functional groups attached to an aromatic ring is 1. The van der Waals surface area contributed by atoms with Gasteiger partial charge in [-0.2, -0.15) is 5.10 Å². The molecule has 0 unspecified atom stereocenters. The van der Waals surface area contributed by atoms with Gasteiger partial charge in [-0.25, -0.2) is 0 Å². The average molecular weight is 301 g/mol. The minimum Gasteiger partial charge on any atom is -0.398 e. The van der Waals surface area contributed by atoms with Gasteiger partial charge in [-0.05, 0) is 24.6 Å². The van der Waals surface area contributed by atoms with E-state index in [1.165, 1.54) is 0 Å². The van der Waals surface area contributed by atoms with Crippen LogP contribution < -0.4 is 5.73 Å². The van der Waals surface area contributed by atoms with Crippen LogP contribution in [0, 0.1) is 6.92 Å². The third kappa shape index (κ3) is 2.39. The maximum Gasteiger partial charge on any atom is 0.0815 e. The zero-order valence-corrected chi connectivity index (χ0v) is 11.1. The van der Waals surface area contributed by atoms with E-state index >= 15 is 0 Å². The van der Waals surface area contributed by atoms with Gasteiger partial charge in [0.2, 0.25) is 0 Å². The van der Waals surface area contributed by atoms with Crippen LogP contribution in [0.2, 0.25) is 5.02 Å². The molecule has 84 valence electrons. The third-order valence-corrected chi connectivity index (χ3v) is 3.19. The summed E-state index contributed by atoms with van der Waals surface area (Å²) in [6.07, 6.45) is 1.80. The van der Waals surface area contributed by atoms with Crippen LogP contribution >= 0.6 is 27.5 Å². The minimum absolute atomic E-state index is 0.632. The summed E-state index contributed by atoms with van der Waals surface area (Å²) in [6, 6.07) is 5.82. The number of hydrogen-bond acceptors (Lipinski definition) is 2. The van der Waals surface area contributed by atoms with Crippen LogP contribution in [0.3, 0.4) is 0 Å². The van der Waals surface area contributed by atoms with Crippen molar-refractivity contribution in [3.8, 4) is 0 Å². The van der Waals surface area contributed by atoms with E-state index in [0.717, 1.165) is 21.4 Å². The van der Waals surface area contributed by atoms with Crippen molar-refractivity contribution in [2.45, 2.75) is 13.5 Å². The lowest BCUT2D eigenvalue weighted by atomic mass is 10.2. The first kappa shape index (κ1) is 11.5. The molecule has 0 fully saturated rings. The van der Waals surface area contributed by atoms with E-state index in [0.29, 0.717) is 11.6 Å². The Kier molecular flexibility index (Phi) is 3.21. The Hall–Kier alpha value is -1.00. The highest BCUT2D eigenvalue weighted by Crippen LogP contribution is 2.20. The maximum absolute atomic E-state index is 5.94. The SMILES string of the molecule is Cc1nn(Cc2ccc(Br)cc2N)cc1Cl. The standard InChI is InChI=1S/C11H11BrClN3/c1-7-10(13)6-16(15-7)5-8-2-3-9(12)4-11(8)14/h2-4,6H,5,14H2,1H3. The predicted octanol–water partition coefficient (Wildman–Crippen LogP) is 3.24. The number of aryl methyl sites for hydroxylation is 1. The van der Waals surface area contributed by atoms with Crippen molar-refractivity contribution < 1.29 is 0 Å². The summed E-state index contributed by atoms with van der Waals surface area (Å²) in [5.41, 5.74) is 8.52. The van der Waals surface area contributed by atoms with Gasteiger partial charge in [-0.1, -0.05) is 33.6 Å². The molecule has 0 atom stereocenters. The molecule has 1 aromatic carbocycles. The highest BCUT2D eigenvalue weighted by atomic mass is 79.9. The van der Waals surface area contributed by atoms with Crippen molar-refractivity contribution in [1.82, 2.24) is 9.78 Å². The van der Waals surface area contributed by atoms with E-state index in [1.54, 1.807) is 10.9 Å². The molecule has 5 heteroatoms. The van der Waals surface area contributed by atoms with Gasteiger partial charge in [-0.3, -0.25) is 4.68 Å².